The topological polar surface area (TPSA) is 95.8 Å². The molecule has 0 saturated carbocycles. The van der Waals surface area contributed by atoms with Crippen LogP contribution in [0.2, 0.25) is 0 Å². The van der Waals surface area contributed by atoms with E-state index in [2.05, 4.69) is 5.32 Å². The van der Waals surface area contributed by atoms with Crippen LogP contribution in [0.5, 0.6) is 0 Å². The number of piperazine rings is 1. The van der Waals surface area contributed by atoms with Gasteiger partial charge in [0.05, 0.1) is 17.4 Å². The normalized spacial score (nSPS) is 15.5. The van der Waals surface area contributed by atoms with Gasteiger partial charge in [-0.3, -0.25) is 24.6 Å². The van der Waals surface area contributed by atoms with Crippen LogP contribution in [-0.4, -0.2) is 58.8 Å². The number of nitrogens with one attached hydrogen (secondary N) is 1. The summed E-state index contributed by atoms with van der Waals surface area (Å²) < 4.78 is 0. The Hall–Kier alpha value is -3.26. The molecule has 1 saturated heterocycles. The van der Waals surface area contributed by atoms with Gasteiger partial charge >= 0.3 is 0 Å². The molecule has 2 aromatic rings. The van der Waals surface area contributed by atoms with Crippen molar-refractivity contribution in [1.29, 1.82) is 0 Å². The Balaban J connectivity index is 1.48. The molecule has 2 aromatic carbocycles. The van der Waals surface area contributed by atoms with Gasteiger partial charge in [0.2, 0.25) is 11.8 Å². The Morgan fingerprint density at radius 1 is 1.03 bits per heavy atom. The lowest BCUT2D eigenvalue weighted by atomic mass is 10.1. The number of nitro groups is 1. The van der Waals surface area contributed by atoms with Crippen LogP contribution >= 0.6 is 0 Å². The average Bonchev–Trinajstić information content (AvgIpc) is 2.75. The molecule has 1 N–H and O–H groups in total. The second-order valence-electron chi connectivity index (χ2n) is 7.55. The molecule has 1 heterocycles. The van der Waals surface area contributed by atoms with Gasteiger partial charge in [-0.05, 0) is 31.5 Å². The highest BCUT2D eigenvalue weighted by Gasteiger charge is 2.27. The van der Waals surface area contributed by atoms with E-state index in [1.807, 2.05) is 47.9 Å². The highest BCUT2D eigenvalue weighted by molar-refractivity contribution is 5.94. The molecule has 0 aliphatic carbocycles. The smallest absolute Gasteiger partial charge is 0.269 e. The third-order valence-electron chi connectivity index (χ3n) is 5.42. The molecule has 30 heavy (non-hydrogen) atoms. The molecule has 8 nitrogen and oxygen atoms in total. The minimum Gasteiger partial charge on any atom is -0.340 e. The maximum Gasteiger partial charge on any atom is 0.269 e. The molecule has 1 aliphatic rings. The van der Waals surface area contributed by atoms with Crippen molar-refractivity contribution < 1.29 is 14.5 Å². The molecule has 0 aromatic heterocycles. The average molecular weight is 410 g/mol. The zero-order valence-corrected chi connectivity index (χ0v) is 17.2. The van der Waals surface area contributed by atoms with E-state index in [0.717, 1.165) is 5.56 Å². The monoisotopic (exact) mass is 410 g/mol. The first-order valence-electron chi connectivity index (χ1n) is 9.96. The van der Waals surface area contributed by atoms with Crippen molar-refractivity contribution in [3.63, 3.8) is 0 Å². The first-order chi connectivity index (χ1) is 14.3. The summed E-state index contributed by atoms with van der Waals surface area (Å²) in [7, 11) is 0. The van der Waals surface area contributed by atoms with Crippen LogP contribution in [0, 0.1) is 17.0 Å². The van der Waals surface area contributed by atoms with E-state index in [-0.39, 0.29) is 23.5 Å². The number of anilines is 1. The van der Waals surface area contributed by atoms with Gasteiger partial charge in [-0.1, -0.05) is 29.8 Å². The fourth-order valence-electron chi connectivity index (χ4n) is 3.43. The number of nitrogens with zero attached hydrogens (tertiary/aromatic N) is 3. The van der Waals surface area contributed by atoms with Crippen molar-refractivity contribution >= 4 is 23.2 Å². The molecule has 1 unspecified atom stereocenters. The van der Waals surface area contributed by atoms with Crippen LogP contribution in [0.4, 0.5) is 11.4 Å². The lowest BCUT2D eigenvalue weighted by molar-refractivity contribution is -0.384. The fourth-order valence-corrected chi connectivity index (χ4v) is 3.43. The summed E-state index contributed by atoms with van der Waals surface area (Å²) in [4.78, 5) is 39.2. The van der Waals surface area contributed by atoms with Crippen LogP contribution in [0.15, 0.2) is 48.5 Å². The third-order valence-corrected chi connectivity index (χ3v) is 5.42. The predicted octanol–water partition coefficient (Wildman–Crippen LogP) is 2.62. The fraction of sp³-hybridized carbons (Fsp3) is 0.364. The van der Waals surface area contributed by atoms with Gasteiger partial charge < -0.3 is 10.2 Å². The number of rotatable bonds is 6. The lowest BCUT2D eigenvalue weighted by Gasteiger charge is -2.37. The molecular weight excluding hydrogens is 384 g/mol. The summed E-state index contributed by atoms with van der Waals surface area (Å²) in [5.41, 5.74) is 2.67. The van der Waals surface area contributed by atoms with E-state index in [0.29, 0.717) is 38.3 Å². The first kappa shape index (κ1) is 21.4. The number of carbonyl (C=O) groups is 2. The molecule has 1 fully saturated rings. The number of amides is 2. The van der Waals surface area contributed by atoms with E-state index >= 15 is 0 Å². The molecule has 0 spiro atoms. The molecule has 0 bridgehead atoms. The summed E-state index contributed by atoms with van der Waals surface area (Å²) in [6.45, 7) is 6.25. The largest absolute Gasteiger partial charge is 0.340 e. The predicted molar refractivity (Wildman–Crippen MR) is 114 cm³/mol. The van der Waals surface area contributed by atoms with Crippen LogP contribution < -0.4 is 5.32 Å². The van der Waals surface area contributed by atoms with Crippen molar-refractivity contribution in [3.05, 3.63) is 69.8 Å². The van der Waals surface area contributed by atoms with E-state index in [1.54, 1.807) is 0 Å². The molecular formula is C22H26N4O4. The van der Waals surface area contributed by atoms with Gasteiger partial charge in [-0.25, -0.2) is 0 Å². The summed E-state index contributed by atoms with van der Waals surface area (Å²) in [6.07, 6.45) is 0.385. The van der Waals surface area contributed by atoms with Gasteiger partial charge in [-0.15, -0.1) is 0 Å². The van der Waals surface area contributed by atoms with E-state index < -0.39 is 4.92 Å². The Morgan fingerprint density at radius 3 is 2.20 bits per heavy atom. The van der Waals surface area contributed by atoms with Crippen molar-refractivity contribution in [2.75, 3.05) is 31.5 Å². The minimum absolute atomic E-state index is 0.0209. The maximum absolute atomic E-state index is 12.6. The number of hydrogen-bond acceptors (Lipinski definition) is 5. The quantitative estimate of drug-likeness (QED) is 0.583. The molecule has 1 aliphatic heterocycles. The van der Waals surface area contributed by atoms with Crippen molar-refractivity contribution in [2.45, 2.75) is 26.3 Å². The molecule has 8 heteroatoms. The molecule has 2 amide bonds. The highest BCUT2D eigenvalue weighted by atomic mass is 16.6. The van der Waals surface area contributed by atoms with E-state index in [4.69, 9.17) is 0 Å². The second kappa shape index (κ2) is 9.49. The van der Waals surface area contributed by atoms with Gasteiger partial charge in [0.15, 0.2) is 0 Å². The number of benzene rings is 2. The van der Waals surface area contributed by atoms with Crippen LogP contribution in [0.1, 0.15) is 18.1 Å². The number of nitro benzene ring substituents is 1. The van der Waals surface area contributed by atoms with Gasteiger partial charge in [0.25, 0.3) is 5.69 Å². The van der Waals surface area contributed by atoms with E-state index in [1.165, 1.54) is 29.8 Å². The van der Waals surface area contributed by atoms with Gasteiger partial charge in [-0.2, -0.15) is 0 Å². The SMILES string of the molecule is Cc1ccc(CC(=O)N2CCN(C(C)C(=O)Nc3ccc([N+](=O)[O-])cc3)CC2)cc1. The summed E-state index contributed by atoms with van der Waals surface area (Å²) in [5, 5.41) is 13.5. The highest BCUT2D eigenvalue weighted by Crippen LogP contribution is 2.17. The summed E-state index contributed by atoms with van der Waals surface area (Å²) >= 11 is 0. The van der Waals surface area contributed by atoms with Gasteiger partial charge in [0, 0.05) is 44.0 Å². The Kier molecular flexibility index (Phi) is 6.79. The third kappa shape index (κ3) is 5.42. The number of non-ortho nitro benzene ring substituents is 1. The maximum atomic E-state index is 12.6. The first-order valence-corrected chi connectivity index (χ1v) is 9.96. The van der Waals surface area contributed by atoms with Gasteiger partial charge in [0.1, 0.15) is 0 Å². The van der Waals surface area contributed by atoms with Crippen LogP contribution in [-0.2, 0) is 16.0 Å². The molecule has 1 atom stereocenters. The lowest BCUT2D eigenvalue weighted by Crippen LogP contribution is -2.54. The number of carbonyl (C=O) groups excluding carboxylic acids is 2. The standard InChI is InChI=1S/C22H26N4O4/c1-16-3-5-18(6-4-16)15-21(27)25-13-11-24(12-14-25)17(2)22(28)23-19-7-9-20(10-8-19)26(29)30/h3-10,17H,11-15H2,1-2H3,(H,23,28). The summed E-state index contributed by atoms with van der Waals surface area (Å²) in [6, 6.07) is 13.4. The second-order valence-corrected chi connectivity index (χ2v) is 7.55. The van der Waals surface area contributed by atoms with Crippen molar-refractivity contribution in [1.82, 2.24) is 9.80 Å². The van der Waals surface area contributed by atoms with Crippen molar-refractivity contribution in [3.8, 4) is 0 Å². The Bertz CT molecular complexity index is 904. The van der Waals surface area contributed by atoms with Crippen LogP contribution in [0.3, 0.4) is 0 Å². The van der Waals surface area contributed by atoms with Crippen LogP contribution in [0.25, 0.3) is 0 Å². The molecule has 0 radical (unpaired) electrons. The van der Waals surface area contributed by atoms with E-state index in [9.17, 15) is 19.7 Å². The molecule has 3 rings (SSSR count). The Labute approximate surface area is 175 Å². The number of hydrogen-bond donors (Lipinski definition) is 1. The molecule has 158 valence electrons. The zero-order chi connectivity index (χ0) is 21.7. The number of aryl methyl sites for hydroxylation is 1. The summed E-state index contributed by atoms with van der Waals surface area (Å²) in [5.74, 6) is -0.0789. The van der Waals surface area contributed by atoms with Crippen molar-refractivity contribution in [2.24, 2.45) is 0 Å². The minimum atomic E-state index is -0.478. The zero-order valence-electron chi connectivity index (χ0n) is 17.2. The Morgan fingerprint density at radius 2 is 1.63 bits per heavy atom.